The molecule has 0 unspecified atom stereocenters. The number of rotatable bonds is 5. The standard InChI is InChI=1S/C20H24F3N3O/c1-3-14-8-7-9-15(12-14)26(2)18-17(20(21,22)23)13-24-19(25-18)27-16-10-5-4-6-11-16/h7-9,12-13,16H,3-6,10-11H2,1-2H3. The average Bonchev–Trinajstić information content (AvgIpc) is 2.67. The number of alkyl halides is 3. The van der Waals surface area contributed by atoms with Crippen LogP contribution in [0.15, 0.2) is 30.5 Å². The fourth-order valence-electron chi connectivity index (χ4n) is 3.31. The Morgan fingerprint density at radius 1 is 1.19 bits per heavy atom. The van der Waals surface area contributed by atoms with Crippen LogP contribution in [0.3, 0.4) is 0 Å². The summed E-state index contributed by atoms with van der Waals surface area (Å²) in [4.78, 5) is 9.41. The molecule has 0 aliphatic heterocycles. The van der Waals surface area contributed by atoms with Crippen LogP contribution in [0.1, 0.15) is 50.2 Å². The molecule has 1 heterocycles. The average molecular weight is 379 g/mol. The van der Waals surface area contributed by atoms with E-state index < -0.39 is 11.7 Å². The molecule has 4 nitrogen and oxygen atoms in total. The predicted molar refractivity (Wildman–Crippen MR) is 98.4 cm³/mol. The van der Waals surface area contributed by atoms with Gasteiger partial charge < -0.3 is 9.64 Å². The van der Waals surface area contributed by atoms with Gasteiger partial charge in [-0.1, -0.05) is 25.5 Å². The van der Waals surface area contributed by atoms with Crippen molar-refractivity contribution >= 4 is 11.5 Å². The zero-order valence-corrected chi connectivity index (χ0v) is 15.6. The Balaban J connectivity index is 1.95. The highest BCUT2D eigenvalue weighted by Crippen LogP contribution is 2.38. The molecule has 1 aliphatic rings. The molecule has 0 bridgehead atoms. The number of anilines is 2. The highest BCUT2D eigenvalue weighted by atomic mass is 19.4. The minimum atomic E-state index is -4.55. The van der Waals surface area contributed by atoms with Crippen LogP contribution < -0.4 is 9.64 Å². The molecule has 0 spiro atoms. The van der Waals surface area contributed by atoms with Crippen molar-refractivity contribution in [1.82, 2.24) is 9.97 Å². The smallest absolute Gasteiger partial charge is 0.421 e. The monoisotopic (exact) mass is 379 g/mol. The van der Waals surface area contributed by atoms with Gasteiger partial charge >= 0.3 is 12.2 Å². The van der Waals surface area contributed by atoms with Crippen molar-refractivity contribution in [3.63, 3.8) is 0 Å². The van der Waals surface area contributed by atoms with Gasteiger partial charge in [0.2, 0.25) is 0 Å². The van der Waals surface area contributed by atoms with Gasteiger partial charge in [-0.3, -0.25) is 0 Å². The SMILES string of the molecule is CCc1cccc(N(C)c2nc(OC3CCCCC3)ncc2C(F)(F)F)c1. The van der Waals surface area contributed by atoms with Gasteiger partial charge in [-0.2, -0.15) is 18.2 Å². The van der Waals surface area contributed by atoms with E-state index in [1.54, 1.807) is 13.1 Å². The van der Waals surface area contributed by atoms with Crippen LogP contribution in [0.5, 0.6) is 6.01 Å². The molecule has 27 heavy (non-hydrogen) atoms. The van der Waals surface area contributed by atoms with E-state index in [0.717, 1.165) is 50.3 Å². The summed E-state index contributed by atoms with van der Waals surface area (Å²) in [6.45, 7) is 2.00. The molecule has 1 aromatic carbocycles. The molecular weight excluding hydrogens is 355 g/mol. The predicted octanol–water partition coefficient (Wildman–Crippen LogP) is 5.54. The molecule has 1 aromatic heterocycles. The fraction of sp³-hybridized carbons (Fsp3) is 0.500. The van der Waals surface area contributed by atoms with E-state index in [9.17, 15) is 13.2 Å². The summed E-state index contributed by atoms with van der Waals surface area (Å²) in [6, 6.07) is 7.41. The Morgan fingerprint density at radius 2 is 1.93 bits per heavy atom. The number of hydrogen-bond acceptors (Lipinski definition) is 4. The lowest BCUT2D eigenvalue weighted by atomic mass is 9.98. The number of aromatic nitrogens is 2. The van der Waals surface area contributed by atoms with E-state index in [-0.39, 0.29) is 17.9 Å². The zero-order valence-electron chi connectivity index (χ0n) is 15.6. The van der Waals surface area contributed by atoms with Crippen LogP contribution in [-0.2, 0) is 12.6 Å². The summed E-state index contributed by atoms with van der Waals surface area (Å²) in [6.07, 6.45) is 2.09. The van der Waals surface area contributed by atoms with Crippen molar-refractivity contribution in [3.8, 4) is 6.01 Å². The lowest BCUT2D eigenvalue weighted by molar-refractivity contribution is -0.137. The van der Waals surface area contributed by atoms with E-state index in [4.69, 9.17) is 4.74 Å². The van der Waals surface area contributed by atoms with Crippen molar-refractivity contribution < 1.29 is 17.9 Å². The van der Waals surface area contributed by atoms with Crippen LogP contribution >= 0.6 is 0 Å². The van der Waals surface area contributed by atoms with Crippen LogP contribution in [-0.4, -0.2) is 23.1 Å². The lowest BCUT2D eigenvalue weighted by Gasteiger charge is -2.25. The second-order valence-corrected chi connectivity index (χ2v) is 6.85. The van der Waals surface area contributed by atoms with Gasteiger partial charge in [0.15, 0.2) is 5.82 Å². The molecule has 1 fully saturated rings. The normalized spacial score (nSPS) is 15.6. The van der Waals surface area contributed by atoms with E-state index in [2.05, 4.69) is 9.97 Å². The minimum absolute atomic E-state index is 0.00314. The maximum atomic E-state index is 13.5. The first kappa shape index (κ1) is 19.5. The summed E-state index contributed by atoms with van der Waals surface area (Å²) in [5.41, 5.74) is 0.811. The maximum absolute atomic E-state index is 13.5. The summed E-state index contributed by atoms with van der Waals surface area (Å²) in [5.74, 6) is -0.198. The summed E-state index contributed by atoms with van der Waals surface area (Å²) >= 11 is 0. The van der Waals surface area contributed by atoms with Crippen LogP contribution in [0.2, 0.25) is 0 Å². The number of aryl methyl sites for hydroxylation is 1. The van der Waals surface area contributed by atoms with E-state index in [0.29, 0.717) is 5.69 Å². The quantitative estimate of drug-likeness (QED) is 0.684. The molecule has 1 saturated carbocycles. The van der Waals surface area contributed by atoms with Crippen molar-refractivity contribution in [3.05, 3.63) is 41.6 Å². The molecule has 0 radical (unpaired) electrons. The molecular formula is C20H24F3N3O. The number of ether oxygens (including phenoxy) is 1. The molecule has 0 N–H and O–H groups in total. The third-order valence-corrected chi connectivity index (χ3v) is 4.90. The van der Waals surface area contributed by atoms with Gasteiger partial charge in [-0.05, 0) is 49.8 Å². The number of halogens is 3. The van der Waals surface area contributed by atoms with Gasteiger partial charge in [0, 0.05) is 18.9 Å². The zero-order chi connectivity index (χ0) is 19.4. The van der Waals surface area contributed by atoms with Crippen LogP contribution in [0.25, 0.3) is 0 Å². The molecule has 2 aromatic rings. The molecule has 3 rings (SSSR count). The molecule has 1 aliphatic carbocycles. The Bertz CT molecular complexity index is 773. The summed E-state index contributed by atoms with van der Waals surface area (Å²) in [7, 11) is 1.58. The van der Waals surface area contributed by atoms with Crippen molar-refractivity contribution in [2.45, 2.75) is 57.7 Å². The third kappa shape index (κ3) is 4.70. The first-order valence-electron chi connectivity index (χ1n) is 9.32. The second-order valence-electron chi connectivity index (χ2n) is 6.85. The fourth-order valence-corrected chi connectivity index (χ4v) is 3.31. The Hall–Kier alpha value is -2.31. The summed E-state index contributed by atoms with van der Waals surface area (Å²) < 4.78 is 46.3. The Morgan fingerprint density at radius 3 is 2.59 bits per heavy atom. The Labute approximate surface area is 157 Å². The maximum Gasteiger partial charge on any atom is 0.421 e. The van der Waals surface area contributed by atoms with Gasteiger partial charge in [-0.15, -0.1) is 0 Å². The van der Waals surface area contributed by atoms with Crippen molar-refractivity contribution in [2.75, 3.05) is 11.9 Å². The van der Waals surface area contributed by atoms with E-state index >= 15 is 0 Å². The van der Waals surface area contributed by atoms with Gasteiger partial charge in [0.05, 0.1) is 0 Å². The number of benzene rings is 1. The van der Waals surface area contributed by atoms with Gasteiger partial charge in [-0.25, -0.2) is 4.98 Å². The second kappa shape index (κ2) is 8.15. The molecule has 0 amide bonds. The van der Waals surface area contributed by atoms with Crippen LogP contribution in [0.4, 0.5) is 24.7 Å². The lowest BCUT2D eigenvalue weighted by Crippen LogP contribution is -2.23. The minimum Gasteiger partial charge on any atom is -0.460 e. The highest BCUT2D eigenvalue weighted by Gasteiger charge is 2.37. The first-order valence-corrected chi connectivity index (χ1v) is 9.32. The van der Waals surface area contributed by atoms with E-state index in [1.165, 1.54) is 4.90 Å². The van der Waals surface area contributed by atoms with Crippen LogP contribution in [0, 0.1) is 0 Å². The van der Waals surface area contributed by atoms with Gasteiger partial charge in [0.1, 0.15) is 11.7 Å². The first-order chi connectivity index (χ1) is 12.9. The highest BCUT2D eigenvalue weighted by molar-refractivity contribution is 5.63. The molecule has 146 valence electrons. The topological polar surface area (TPSA) is 38.2 Å². The summed E-state index contributed by atoms with van der Waals surface area (Å²) in [5, 5.41) is 0. The Kier molecular flexibility index (Phi) is 5.87. The van der Waals surface area contributed by atoms with E-state index in [1.807, 2.05) is 25.1 Å². The molecule has 0 saturated heterocycles. The number of hydrogen-bond donors (Lipinski definition) is 0. The van der Waals surface area contributed by atoms with Crippen molar-refractivity contribution in [2.24, 2.45) is 0 Å². The van der Waals surface area contributed by atoms with Gasteiger partial charge in [0.25, 0.3) is 0 Å². The largest absolute Gasteiger partial charge is 0.460 e. The van der Waals surface area contributed by atoms with Crippen molar-refractivity contribution in [1.29, 1.82) is 0 Å². The third-order valence-electron chi connectivity index (χ3n) is 4.90. The molecule has 0 atom stereocenters. The molecule has 7 heteroatoms. The number of nitrogens with zero attached hydrogens (tertiary/aromatic N) is 3.